The molecule has 1 unspecified atom stereocenters. The van der Waals surface area contributed by atoms with E-state index in [-0.39, 0.29) is 11.1 Å². The van der Waals surface area contributed by atoms with Gasteiger partial charge in [-0.1, -0.05) is 24.3 Å². The highest BCUT2D eigenvalue weighted by atomic mass is 19.4. The normalized spacial score (nSPS) is 15.6. The van der Waals surface area contributed by atoms with Crippen molar-refractivity contribution in [2.45, 2.75) is 69.8 Å². The van der Waals surface area contributed by atoms with Gasteiger partial charge in [0.2, 0.25) is 0 Å². The molecular weight excluding hydrogens is 407 g/mol. The van der Waals surface area contributed by atoms with E-state index in [1.54, 1.807) is 0 Å². The molecule has 0 amide bonds. The molecule has 0 aliphatic carbocycles. The molecule has 0 fully saturated rings. The maximum atomic E-state index is 14.0. The van der Waals surface area contributed by atoms with Gasteiger partial charge in [0, 0.05) is 0 Å². The summed E-state index contributed by atoms with van der Waals surface area (Å²) in [6.45, 7) is 5.66. The summed E-state index contributed by atoms with van der Waals surface area (Å²) in [6, 6.07) is 5.38. The van der Waals surface area contributed by atoms with Crippen molar-refractivity contribution in [3.05, 3.63) is 35.4 Å². The van der Waals surface area contributed by atoms with Gasteiger partial charge in [-0.2, -0.15) is 39.5 Å². The summed E-state index contributed by atoms with van der Waals surface area (Å²) in [7, 11) is 0. The molecule has 1 aromatic rings. The third kappa shape index (κ3) is 5.11. The zero-order valence-electron chi connectivity index (χ0n) is 15.3. The first-order valence-corrected chi connectivity index (χ1v) is 7.94. The molecule has 11 heteroatoms. The van der Waals surface area contributed by atoms with Crippen molar-refractivity contribution in [1.29, 1.82) is 0 Å². The lowest BCUT2D eigenvalue weighted by molar-refractivity contribution is -0.413. The average Bonchev–Trinajstić information content (AvgIpc) is 2.49. The molecule has 28 heavy (non-hydrogen) atoms. The Hall–Kier alpha value is -1.49. The van der Waals surface area contributed by atoms with E-state index in [0.717, 1.165) is 0 Å². The Bertz CT molecular complexity index is 663. The van der Waals surface area contributed by atoms with Crippen molar-refractivity contribution in [2.75, 3.05) is 0 Å². The second-order valence-electron chi connectivity index (χ2n) is 7.19. The van der Waals surface area contributed by atoms with Gasteiger partial charge >= 0.3 is 23.9 Å². The maximum Gasteiger partial charge on any atom is 0.460 e. The Morgan fingerprint density at radius 1 is 0.821 bits per heavy atom. The summed E-state index contributed by atoms with van der Waals surface area (Å²) < 4.78 is 118. The summed E-state index contributed by atoms with van der Waals surface area (Å²) in [5.74, 6) is -19.4. The molecule has 1 rings (SSSR count). The average molecular weight is 426 g/mol. The second kappa shape index (κ2) is 7.74. The molecule has 0 saturated carbocycles. The number of rotatable bonds is 7. The number of hydrogen-bond acceptors (Lipinski definition) is 2. The van der Waals surface area contributed by atoms with Crippen LogP contribution in [0.5, 0.6) is 0 Å². The zero-order chi connectivity index (χ0) is 22.2. The van der Waals surface area contributed by atoms with E-state index in [4.69, 9.17) is 9.78 Å². The van der Waals surface area contributed by atoms with Crippen molar-refractivity contribution < 1.29 is 49.3 Å². The predicted octanol–water partition coefficient (Wildman–Crippen LogP) is 6.64. The van der Waals surface area contributed by atoms with Gasteiger partial charge in [0.25, 0.3) is 0 Å². The molecule has 0 spiro atoms. The lowest BCUT2D eigenvalue weighted by atomic mass is 9.93. The third-order valence-electron chi connectivity index (χ3n) is 3.60. The minimum absolute atomic E-state index is 0.127. The number of alkyl halides is 9. The van der Waals surface area contributed by atoms with Gasteiger partial charge < -0.3 is 0 Å². The van der Waals surface area contributed by atoms with Gasteiger partial charge in [0.05, 0.1) is 12.0 Å². The third-order valence-corrected chi connectivity index (χ3v) is 3.60. The van der Waals surface area contributed by atoms with E-state index in [1.165, 1.54) is 52.0 Å². The second-order valence-corrected chi connectivity index (χ2v) is 7.19. The quantitative estimate of drug-likeness (QED) is 0.276. The lowest BCUT2D eigenvalue weighted by Gasteiger charge is -2.35. The Balaban J connectivity index is 3.30. The van der Waals surface area contributed by atoms with Crippen LogP contribution >= 0.6 is 0 Å². The van der Waals surface area contributed by atoms with Crippen LogP contribution < -0.4 is 0 Å². The first-order valence-electron chi connectivity index (χ1n) is 7.94. The number of halogens is 9. The molecule has 0 saturated heterocycles. The predicted molar refractivity (Wildman–Crippen MR) is 81.4 cm³/mol. The topological polar surface area (TPSA) is 18.5 Å². The Morgan fingerprint density at radius 3 is 1.75 bits per heavy atom. The number of benzene rings is 1. The van der Waals surface area contributed by atoms with Crippen LogP contribution in [0, 0.1) is 6.92 Å². The maximum absolute atomic E-state index is 14.0. The first kappa shape index (κ1) is 24.5. The van der Waals surface area contributed by atoms with Crippen LogP contribution in [0.25, 0.3) is 0 Å². The standard InChI is InChI=1S/C17H19F9O2/c1-10-7-5-6-8-11(10)12(27-28-13(2,3)4)9-14(18,19)15(20,21)16(22,23)17(24,25)26/h5-8,12H,9H2,1-4H3. The lowest BCUT2D eigenvalue weighted by Crippen LogP contribution is -2.61. The van der Waals surface area contributed by atoms with Crippen molar-refractivity contribution in [3.8, 4) is 0 Å². The highest BCUT2D eigenvalue weighted by molar-refractivity contribution is 5.28. The van der Waals surface area contributed by atoms with Crippen LogP contribution in [0.1, 0.15) is 44.4 Å². The zero-order valence-corrected chi connectivity index (χ0v) is 15.3. The van der Waals surface area contributed by atoms with Crippen molar-refractivity contribution in [3.63, 3.8) is 0 Å². The van der Waals surface area contributed by atoms with Crippen LogP contribution in [0.15, 0.2) is 24.3 Å². The van der Waals surface area contributed by atoms with Crippen molar-refractivity contribution >= 4 is 0 Å². The molecule has 162 valence electrons. The fraction of sp³-hybridized carbons (Fsp3) is 0.647. The Morgan fingerprint density at radius 2 is 1.32 bits per heavy atom. The molecule has 0 bridgehead atoms. The van der Waals surface area contributed by atoms with Crippen molar-refractivity contribution in [1.82, 2.24) is 0 Å². The summed E-state index contributed by atoms with van der Waals surface area (Å²) in [5.41, 5.74) is -0.974. The first-order chi connectivity index (χ1) is 12.3. The minimum Gasteiger partial charge on any atom is -0.230 e. The Kier molecular flexibility index (Phi) is 6.78. The van der Waals surface area contributed by atoms with Gasteiger partial charge in [-0.3, -0.25) is 0 Å². The molecule has 0 heterocycles. The van der Waals surface area contributed by atoms with Gasteiger partial charge in [-0.05, 0) is 38.8 Å². The monoisotopic (exact) mass is 426 g/mol. The molecule has 0 aromatic heterocycles. The molecule has 0 aliphatic rings. The van der Waals surface area contributed by atoms with Gasteiger partial charge in [0.1, 0.15) is 6.10 Å². The van der Waals surface area contributed by atoms with E-state index >= 15 is 0 Å². The van der Waals surface area contributed by atoms with E-state index in [2.05, 4.69) is 0 Å². The summed E-state index contributed by atoms with van der Waals surface area (Å²) in [4.78, 5) is 9.59. The number of aryl methyl sites for hydroxylation is 1. The molecule has 2 nitrogen and oxygen atoms in total. The highest BCUT2D eigenvalue weighted by Gasteiger charge is 2.81. The van der Waals surface area contributed by atoms with Gasteiger partial charge in [-0.25, -0.2) is 9.78 Å². The van der Waals surface area contributed by atoms with E-state index in [9.17, 15) is 39.5 Å². The SMILES string of the molecule is Cc1ccccc1C(CC(F)(F)C(F)(F)C(F)(F)C(F)(F)F)OOC(C)(C)C. The van der Waals surface area contributed by atoms with Crippen LogP contribution in [0.4, 0.5) is 39.5 Å². The summed E-state index contributed by atoms with van der Waals surface area (Å²) in [5, 5.41) is 0. The van der Waals surface area contributed by atoms with E-state index < -0.39 is 42.1 Å². The van der Waals surface area contributed by atoms with Crippen LogP contribution in [0.3, 0.4) is 0 Å². The molecule has 1 atom stereocenters. The molecular formula is C17H19F9O2. The van der Waals surface area contributed by atoms with Gasteiger partial charge in [-0.15, -0.1) is 0 Å². The summed E-state index contributed by atoms with van der Waals surface area (Å²) >= 11 is 0. The van der Waals surface area contributed by atoms with Crippen LogP contribution in [-0.4, -0.2) is 29.5 Å². The molecule has 1 aromatic carbocycles. The van der Waals surface area contributed by atoms with E-state index in [1.807, 2.05) is 0 Å². The Labute approximate surface area is 155 Å². The van der Waals surface area contributed by atoms with Crippen LogP contribution in [-0.2, 0) is 9.78 Å². The fourth-order valence-electron chi connectivity index (χ4n) is 2.11. The fourth-order valence-corrected chi connectivity index (χ4v) is 2.11. The van der Waals surface area contributed by atoms with Gasteiger partial charge in [0.15, 0.2) is 0 Å². The molecule has 0 radical (unpaired) electrons. The summed E-state index contributed by atoms with van der Waals surface area (Å²) in [6.07, 6.45) is -11.1. The number of hydrogen-bond donors (Lipinski definition) is 0. The van der Waals surface area contributed by atoms with E-state index in [0.29, 0.717) is 0 Å². The minimum atomic E-state index is -6.95. The van der Waals surface area contributed by atoms with Crippen LogP contribution in [0.2, 0.25) is 0 Å². The highest BCUT2D eigenvalue weighted by Crippen LogP contribution is 2.55. The largest absolute Gasteiger partial charge is 0.460 e. The molecule has 0 aliphatic heterocycles. The smallest absolute Gasteiger partial charge is 0.230 e. The van der Waals surface area contributed by atoms with Crippen molar-refractivity contribution in [2.24, 2.45) is 0 Å². The molecule has 0 N–H and O–H groups in total.